The second-order valence-electron chi connectivity index (χ2n) is 5.93. The van der Waals surface area contributed by atoms with Crippen LogP contribution in [0.1, 0.15) is 50.5 Å². The van der Waals surface area contributed by atoms with Crippen LogP contribution in [0, 0.1) is 0 Å². The molecule has 0 spiro atoms. The van der Waals surface area contributed by atoms with Crippen molar-refractivity contribution in [1.29, 1.82) is 0 Å². The number of para-hydroxylation sites is 1. The molecule has 0 atom stereocenters. The lowest BCUT2D eigenvalue weighted by Crippen LogP contribution is -2.40. The van der Waals surface area contributed by atoms with E-state index < -0.39 is 0 Å². The molecule has 2 heteroatoms. The first-order valence-corrected chi connectivity index (χ1v) is 7.43. The molecule has 0 aromatic heterocycles. The Morgan fingerprint density at radius 2 is 1.56 bits per heavy atom. The van der Waals surface area contributed by atoms with Crippen LogP contribution in [0.3, 0.4) is 0 Å². The van der Waals surface area contributed by atoms with Gasteiger partial charge in [0.25, 0.3) is 0 Å². The lowest BCUT2D eigenvalue weighted by Gasteiger charge is -2.37. The van der Waals surface area contributed by atoms with Gasteiger partial charge in [-0.3, -0.25) is 0 Å². The zero-order valence-electron chi connectivity index (χ0n) is 11.2. The third-order valence-electron chi connectivity index (χ3n) is 4.63. The fraction of sp³-hybridized carbons (Fsp3) is 0.625. The third kappa shape index (κ3) is 2.14. The van der Waals surface area contributed by atoms with Crippen LogP contribution >= 0.6 is 0 Å². The minimum atomic E-state index is -0.0720. The number of rotatable bonds is 2. The summed E-state index contributed by atoms with van der Waals surface area (Å²) in [7, 11) is 0. The van der Waals surface area contributed by atoms with E-state index in [1.807, 2.05) is 0 Å². The molecule has 1 saturated heterocycles. The van der Waals surface area contributed by atoms with Gasteiger partial charge in [-0.1, -0.05) is 37.5 Å². The largest absolute Gasteiger partial charge is 0.371 e. The average molecular weight is 244 g/mol. The maximum Gasteiger partial charge on any atom is 0.0430 e. The minimum Gasteiger partial charge on any atom is -0.371 e. The van der Waals surface area contributed by atoms with Crippen LogP contribution in [0.25, 0.3) is 0 Å². The van der Waals surface area contributed by atoms with E-state index in [9.17, 15) is 0 Å². The SMILES string of the molecule is NC1(c2ccccc2N2CCCC2)CCCCC1. The second kappa shape index (κ2) is 4.93. The first kappa shape index (κ1) is 12.0. The molecule has 2 fully saturated rings. The van der Waals surface area contributed by atoms with Crippen LogP contribution in [0.15, 0.2) is 24.3 Å². The predicted octanol–water partition coefficient (Wildman–Crippen LogP) is 3.40. The van der Waals surface area contributed by atoms with Crippen LogP contribution in [0.2, 0.25) is 0 Å². The first-order chi connectivity index (χ1) is 8.80. The van der Waals surface area contributed by atoms with Gasteiger partial charge >= 0.3 is 0 Å². The van der Waals surface area contributed by atoms with Gasteiger partial charge in [0.1, 0.15) is 0 Å². The third-order valence-corrected chi connectivity index (χ3v) is 4.63. The van der Waals surface area contributed by atoms with Crippen molar-refractivity contribution in [3.8, 4) is 0 Å². The summed E-state index contributed by atoms with van der Waals surface area (Å²) in [6.07, 6.45) is 8.87. The van der Waals surface area contributed by atoms with Crippen molar-refractivity contribution in [2.45, 2.75) is 50.5 Å². The zero-order chi connectivity index (χ0) is 12.4. The van der Waals surface area contributed by atoms with Gasteiger partial charge < -0.3 is 10.6 Å². The molecule has 98 valence electrons. The van der Waals surface area contributed by atoms with Crippen LogP contribution in [0.5, 0.6) is 0 Å². The van der Waals surface area contributed by atoms with Gasteiger partial charge in [0.05, 0.1) is 0 Å². The maximum atomic E-state index is 6.72. The molecule has 1 saturated carbocycles. The lowest BCUT2D eigenvalue weighted by molar-refractivity contribution is 0.302. The van der Waals surface area contributed by atoms with E-state index in [0.29, 0.717) is 0 Å². The molecule has 0 bridgehead atoms. The molecule has 1 aliphatic carbocycles. The van der Waals surface area contributed by atoms with Crippen molar-refractivity contribution in [3.05, 3.63) is 29.8 Å². The van der Waals surface area contributed by atoms with E-state index in [4.69, 9.17) is 5.73 Å². The maximum absolute atomic E-state index is 6.72. The molecule has 1 aliphatic heterocycles. The van der Waals surface area contributed by atoms with Crippen molar-refractivity contribution in [2.75, 3.05) is 18.0 Å². The number of hydrogen-bond donors (Lipinski definition) is 1. The summed E-state index contributed by atoms with van der Waals surface area (Å²) in [5.74, 6) is 0. The van der Waals surface area contributed by atoms with Crippen LogP contribution in [-0.4, -0.2) is 13.1 Å². The smallest absolute Gasteiger partial charge is 0.0430 e. The first-order valence-electron chi connectivity index (χ1n) is 7.43. The summed E-state index contributed by atoms with van der Waals surface area (Å²) in [5, 5.41) is 0. The Kier molecular flexibility index (Phi) is 3.29. The summed E-state index contributed by atoms with van der Waals surface area (Å²) >= 11 is 0. The van der Waals surface area contributed by atoms with Crippen molar-refractivity contribution in [2.24, 2.45) is 5.73 Å². The summed E-state index contributed by atoms with van der Waals surface area (Å²) < 4.78 is 0. The zero-order valence-corrected chi connectivity index (χ0v) is 11.2. The lowest BCUT2D eigenvalue weighted by atomic mass is 9.76. The van der Waals surface area contributed by atoms with Crippen molar-refractivity contribution in [3.63, 3.8) is 0 Å². The van der Waals surface area contributed by atoms with Crippen LogP contribution in [-0.2, 0) is 5.54 Å². The summed E-state index contributed by atoms with van der Waals surface area (Å²) in [6.45, 7) is 2.40. The molecule has 0 unspecified atom stereocenters. The molecule has 2 nitrogen and oxygen atoms in total. The van der Waals surface area contributed by atoms with Gasteiger partial charge in [-0.05, 0) is 37.3 Å². The molecule has 1 aromatic carbocycles. The summed E-state index contributed by atoms with van der Waals surface area (Å²) in [4.78, 5) is 2.53. The molecule has 1 aromatic rings. The Bertz CT molecular complexity index is 401. The molecule has 2 aliphatic rings. The highest BCUT2D eigenvalue weighted by molar-refractivity contribution is 5.57. The van der Waals surface area contributed by atoms with E-state index >= 15 is 0 Å². The molecular formula is C16H24N2. The number of hydrogen-bond acceptors (Lipinski definition) is 2. The van der Waals surface area contributed by atoms with Gasteiger partial charge in [-0.15, -0.1) is 0 Å². The fourth-order valence-corrected chi connectivity index (χ4v) is 3.58. The predicted molar refractivity (Wildman–Crippen MR) is 76.8 cm³/mol. The Morgan fingerprint density at radius 3 is 2.28 bits per heavy atom. The van der Waals surface area contributed by atoms with Crippen LogP contribution in [0.4, 0.5) is 5.69 Å². The Morgan fingerprint density at radius 1 is 0.889 bits per heavy atom. The number of nitrogens with zero attached hydrogens (tertiary/aromatic N) is 1. The highest BCUT2D eigenvalue weighted by atomic mass is 15.1. The molecule has 3 rings (SSSR count). The van der Waals surface area contributed by atoms with Crippen LogP contribution < -0.4 is 10.6 Å². The molecule has 1 heterocycles. The molecular weight excluding hydrogens is 220 g/mol. The molecule has 0 radical (unpaired) electrons. The fourth-order valence-electron chi connectivity index (χ4n) is 3.58. The van der Waals surface area contributed by atoms with Crippen molar-refractivity contribution in [1.82, 2.24) is 0 Å². The summed E-state index contributed by atoms with van der Waals surface area (Å²) in [6, 6.07) is 8.84. The second-order valence-corrected chi connectivity index (χ2v) is 5.93. The van der Waals surface area contributed by atoms with Gasteiger partial charge in [-0.2, -0.15) is 0 Å². The Balaban J connectivity index is 1.95. The van der Waals surface area contributed by atoms with E-state index in [1.54, 1.807) is 0 Å². The monoisotopic (exact) mass is 244 g/mol. The minimum absolute atomic E-state index is 0.0720. The van der Waals surface area contributed by atoms with Gasteiger partial charge in [0.2, 0.25) is 0 Å². The molecule has 2 N–H and O–H groups in total. The van der Waals surface area contributed by atoms with Gasteiger partial charge in [0, 0.05) is 24.3 Å². The van der Waals surface area contributed by atoms with E-state index in [2.05, 4.69) is 29.2 Å². The Labute approximate surface area is 110 Å². The van der Waals surface area contributed by atoms with Crippen molar-refractivity contribution < 1.29 is 0 Å². The normalized spacial score (nSPS) is 23.3. The standard InChI is InChI=1S/C16H24N2/c17-16(10-4-1-5-11-16)14-8-2-3-9-15(14)18-12-6-7-13-18/h2-3,8-9H,1,4-7,10-13,17H2. The quantitative estimate of drug-likeness (QED) is 0.864. The van der Waals surface area contributed by atoms with E-state index in [0.717, 1.165) is 12.8 Å². The van der Waals surface area contributed by atoms with Gasteiger partial charge in [-0.25, -0.2) is 0 Å². The molecule has 18 heavy (non-hydrogen) atoms. The average Bonchev–Trinajstić information content (AvgIpc) is 2.93. The van der Waals surface area contributed by atoms with Crippen molar-refractivity contribution >= 4 is 5.69 Å². The number of anilines is 1. The Hall–Kier alpha value is -1.02. The molecule has 0 amide bonds. The highest BCUT2D eigenvalue weighted by Gasteiger charge is 2.32. The van der Waals surface area contributed by atoms with E-state index in [1.165, 1.54) is 56.4 Å². The number of benzene rings is 1. The summed E-state index contributed by atoms with van der Waals surface area (Å²) in [5.41, 5.74) is 9.45. The topological polar surface area (TPSA) is 29.3 Å². The highest BCUT2D eigenvalue weighted by Crippen LogP contribution is 2.40. The van der Waals surface area contributed by atoms with Gasteiger partial charge in [0.15, 0.2) is 0 Å². The van der Waals surface area contributed by atoms with E-state index in [-0.39, 0.29) is 5.54 Å². The number of nitrogens with two attached hydrogens (primary N) is 1.